The fraction of sp³-hybridized carbons (Fsp3) is 0.182. The maximum Gasteiger partial charge on any atom is 0.387 e. The number of thiophene rings is 1. The molecule has 2 aromatic carbocycles. The van der Waals surface area contributed by atoms with Crippen LogP contribution in [0.25, 0.3) is 0 Å². The Morgan fingerprint density at radius 2 is 1.77 bits per heavy atom. The van der Waals surface area contributed by atoms with Crippen LogP contribution >= 0.6 is 11.3 Å². The van der Waals surface area contributed by atoms with Crippen molar-refractivity contribution >= 4 is 34.5 Å². The maximum absolute atomic E-state index is 12.4. The molecule has 156 valence electrons. The normalized spacial score (nSPS) is 10.6. The minimum atomic E-state index is -2.90. The number of aryl methyl sites for hydroxylation is 1. The summed E-state index contributed by atoms with van der Waals surface area (Å²) >= 11 is 1.67. The number of alkyl halides is 2. The first-order valence-corrected chi connectivity index (χ1v) is 10.2. The Morgan fingerprint density at radius 1 is 0.967 bits per heavy atom. The van der Waals surface area contributed by atoms with E-state index in [-0.39, 0.29) is 17.6 Å². The number of hydrogen-bond acceptors (Lipinski definition) is 4. The number of hydrogen-bond donors (Lipinski definition) is 2. The first kappa shape index (κ1) is 21.4. The number of carbonyl (C=O) groups is 2. The van der Waals surface area contributed by atoms with Gasteiger partial charge in [0.15, 0.2) is 0 Å². The zero-order chi connectivity index (χ0) is 21.3. The predicted octanol–water partition coefficient (Wildman–Crippen LogP) is 5.56. The van der Waals surface area contributed by atoms with Gasteiger partial charge < -0.3 is 15.4 Å². The molecular formula is C22H20F2N2O3S. The molecule has 0 radical (unpaired) electrons. The molecule has 0 aliphatic carbocycles. The third-order valence-corrected chi connectivity index (χ3v) is 5.09. The van der Waals surface area contributed by atoms with E-state index in [1.54, 1.807) is 35.6 Å². The van der Waals surface area contributed by atoms with E-state index in [0.29, 0.717) is 23.4 Å². The lowest BCUT2D eigenvalue weighted by molar-refractivity contribution is -0.116. The van der Waals surface area contributed by atoms with E-state index in [1.807, 2.05) is 17.5 Å². The van der Waals surface area contributed by atoms with Crippen molar-refractivity contribution in [3.63, 3.8) is 0 Å². The summed E-state index contributed by atoms with van der Waals surface area (Å²) in [6.07, 6.45) is 1.99. The first-order chi connectivity index (χ1) is 14.5. The lowest BCUT2D eigenvalue weighted by Gasteiger charge is -2.09. The van der Waals surface area contributed by atoms with Gasteiger partial charge in [-0.25, -0.2) is 0 Å². The van der Waals surface area contributed by atoms with Crippen LogP contribution in [0.4, 0.5) is 20.2 Å². The zero-order valence-electron chi connectivity index (χ0n) is 15.9. The first-order valence-electron chi connectivity index (χ1n) is 9.28. The highest BCUT2D eigenvalue weighted by atomic mass is 32.1. The molecule has 0 saturated heterocycles. The van der Waals surface area contributed by atoms with Crippen molar-refractivity contribution in [1.29, 1.82) is 0 Å². The van der Waals surface area contributed by atoms with E-state index in [0.717, 1.165) is 12.8 Å². The highest BCUT2D eigenvalue weighted by Gasteiger charge is 2.10. The van der Waals surface area contributed by atoms with E-state index >= 15 is 0 Å². The van der Waals surface area contributed by atoms with Crippen molar-refractivity contribution < 1.29 is 23.1 Å². The molecule has 30 heavy (non-hydrogen) atoms. The summed E-state index contributed by atoms with van der Waals surface area (Å²) in [7, 11) is 0. The molecule has 0 aliphatic rings. The highest BCUT2D eigenvalue weighted by Crippen LogP contribution is 2.19. The zero-order valence-corrected chi connectivity index (χ0v) is 16.8. The van der Waals surface area contributed by atoms with E-state index in [1.165, 1.54) is 29.1 Å². The van der Waals surface area contributed by atoms with Crippen molar-refractivity contribution in [2.45, 2.75) is 25.9 Å². The summed E-state index contributed by atoms with van der Waals surface area (Å²) in [5.74, 6) is -0.489. The van der Waals surface area contributed by atoms with Gasteiger partial charge in [-0.2, -0.15) is 8.78 Å². The number of anilines is 2. The molecular weight excluding hydrogens is 410 g/mol. The number of rotatable bonds is 9. The van der Waals surface area contributed by atoms with Gasteiger partial charge >= 0.3 is 6.61 Å². The van der Waals surface area contributed by atoms with Crippen molar-refractivity contribution in [1.82, 2.24) is 0 Å². The topological polar surface area (TPSA) is 67.4 Å². The van der Waals surface area contributed by atoms with E-state index in [2.05, 4.69) is 15.4 Å². The fourth-order valence-corrected chi connectivity index (χ4v) is 3.51. The quantitative estimate of drug-likeness (QED) is 0.467. The van der Waals surface area contributed by atoms with Crippen LogP contribution in [0.2, 0.25) is 0 Å². The van der Waals surface area contributed by atoms with Crippen LogP contribution in [0, 0.1) is 0 Å². The summed E-state index contributed by atoms with van der Waals surface area (Å²) in [5.41, 5.74) is 1.33. The lowest BCUT2D eigenvalue weighted by Crippen LogP contribution is -2.14. The minimum Gasteiger partial charge on any atom is -0.435 e. The lowest BCUT2D eigenvalue weighted by atomic mass is 10.1. The van der Waals surface area contributed by atoms with Crippen LogP contribution in [0.1, 0.15) is 28.1 Å². The minimum absolute atomic E-state index is 0.00628. The van der Waals surface area contributed by atoms with Gasteiger partial charge in [0.05, 0.1) is 0 Å². The third kappa shape index (κ3) is 6.66. The average Bonchev–Trinajstić information content (AvgIpc) is 3.23. The van der Waals surface area contributed by atoms with E-state index in [4.69, 9.17) is 0 Å². The Kier molecular flexibility index (Phi) is 7.51. The molecule has 8 heteroatoms. The average molecular weight is 430 g/mol. The molecule has 0 atom stereocenters. The van der Waals surface area contributed by atoms with Gasteiger partial charge in [0.25, 0.3) is 5.91 Å². The number of benzene rings is 2. The molecule has 5 nitrogen and oxygen atoms in total. The summed E-state index contributed by atoms with van der Waals surface area (Å²) in [6, 6.07) is 16.2. The van der Waals surface area contributed by atoms with Crippen LogP contribution < -0.4 is 15.4 Å². The molecule has 1 heterocycles. The summed E-state index contributed by atoms with van der Waals surface area (Å²) in [5, 5.41) is 7.49. The predicted molar refractivity (Wildman–Crippen MR) is 113 cm³/mol. The summed E-state index contributed by atoms with van der Waals surface area (Å²) in [4.78, 5) is 25.8. The standard InChI is InChI=1S/C22H20F2N2O3S/c23-22(24)29-18-11-9-16(10-12-18)26-21(28)15-4-1-5-17(14-15)25-20(27)8-2-6-19-7-3-13-30-19/h1,3-5,7,9-14,22H,2,6,8H2,(H,25,27)(H,26,28). The Morgan fingerprint density at radius 3 is 2.47 bits per heavy atom. The van der Waals surface area contributed by atoms with Gasteiger partial charge in [0.2, 0.25) is 5.91 Å². The highest BCUT2D eigenvalue weighted by molar-refractivity contribution is 7.09. The number of amides is 2. The number of ether oxygens (including phenoxy) is 1. The maximum atomic E-state index is 12.4. The molecule has 0 aliphatic heterocycles. The number of nitrogens with one attached hydrogen (secondary N) is 2. The van der Waals surface area contributed by atoms with E-state index < -0.39 is 6.61 Å². The summed E-state index contributed by atoms with van der Waals surface area (Å²) in [6.45, 7) is -2.90. The van der Waals surface area contributed by atoms with Crippen LogP contribution in [-0.2, 0) is 11.2 Å². The molecule has 0 fully saturated rings. The van der Waals surface area contributed by atoms with Crippen molar-refractivity contribution in [2.75, 3.05) is 10.6 Å². The van der Waals surface area contributed by atoms with Crippen LogP contribution in [0.5, 0.6) is 5.75 Å². The second kappa shape index (κ2) is 10.5. The fourth-order valence-electron chi connectivity index (χ4n) is 2.76. The monoisotopic (exact) mass is 430 g/mol. The third-order valence-electron chi connectivity index (χ3n) is 4.15. The molecule has 0 bridgehead atoms. The molecule has 0 unspecified atom stereocenters. The Bertz CT molecular complexity index is 976. The number of carbonyl (C=O) groups excluding carboxylic acids is 2. The largest absolute Gasteiger partial charge is 0.435 e. The van der Waals surface area contributed by atoms with Gasteiger partial charge in [0.1, 0.15) is 5.75 Å². The van der Waals surface area contributed by atoms with Crippen LogP contribution in [-0.4, -0.2) is 18.4 Å². The van der Waals surface area contributed by atoms with Crippen LogP contribution in [0.15, 0.2) is 66.0 Å². The van der Waals surface area contributed by atoms with Gasteiger partial charge in [0, 0.05) is 28.2 Å². The molecule has 2 amide bonds. The molecule has 0 spiro atoms. The van der Waals surface area contributed by atoms with Crippen molar-refractivity contribution in [2.24, 2.45) is 0 Å². The second-order valence-corrected chi connectivity index (χ2v) is 7.45. The second-order valence-electron chi connectivity index (χ2n) is 6.42. The van der Waals surface area contributed by atoms with Gasteiger partial charge in [-0.15, -0.1) is 11.3 Å². The molecule has 3 aromatic rings. The van der Waals surface area contributed by atoms with E-state index in [9.17, 15) is 18.4 Å². The van der Waals surface area contributed by atoms with Crippen molar-refractivity contribution in [3.8, 4) is 5.75 Å². The Labute approximate surface area is 176 Å². The molecule has 2 N–H and O–H groups in total. The van der Waals surface area contributed by atoms with Gasteiger partial charge in [-0.1, -0.05) is 12.1 Å². The van der Waals surface area contributed by atoms with Crippen molar-refractivity contribution in [3.05, 3.63) is 76.5 Å². The molecule has 1 aromatic heterocycles. The summed E-state index contributed by atoms with van der Waals surface area (Å²) < 4.78 is 28.7. The smallest absolute Gasteiger partial charge is 0.387 e. The molecule has 0 saturated carbocycles. The Hall–Kier alpha value is -3.26. The SMILES string of the molecule is O=C(CCCc1cccs1)Nc1cccc(C(=O)Nc2ccc(OC(F)F)cc2)c1. The van der Waals surface area contributed by atoms with Crippen LogP contribution in [0.3, 0.4) is 0 Å². The Balaban J connectivity index is 1.52. The number of halogens is 2. The van der Waals surface area contributed by atoms with Gasteiger partial charge in [-0.3, -0.25) is 9.59 Å². The molecule has 3 rings (SSSR count). The van der Waals surface area contributed by atoms with Gasteiger partial charge in [-0.05, 0) is 66.8 Å².